The molecule has 0 aliphatic heterocycles. The van der Waals surface area contributed by atoms with Crippen LogP contribution in [0.5, 0.6) is 0 Å². The smallest absolute Gasteiger partial charge is 0.407 e. The van der Waals surface area contributed by atoms with Gasteiger partial charge >= 0.3 is 6.09 Å². The molecule has 114 valence electrons. The number of alkyl carbamates (subject to hydrolysis) is 1. The van der Waals surface area contributed by atoms with Gasteiger partial charge in [-0.2, -0.15) is 0 Å². The van der Waals surface area contributed by atoms with Crippen molar-refractivity contribution in [2.75, 3.05) is 6.54 Å². The van der Waals surface area contributed by atoms with Crippen molar-refractivity contribution in [2.24, 2.45) is 5.92 Å². The molecule has 1 heterocycles. The lowest BCUT2D eigenvalue weighted by atomic mass is 10.0. The number of hydrogen-bond donors (Lipinski definition) is 2. The van der Waals surface area contributed by atoms with Crippen molar-refractivity contribution in [2.45, 2.75) is 52.8 Å². The Kier molecular flexibility index (Phi) is 6.07. The summed E-state index contributed by atoms with van der Waals surface area (Å²) >= 11 is 0. The highest BCUT2D eigenvalue weighted by Gasteiger charge is 2.18. The van der Waals surface area contributed by atoms with Gasteiger partial charge in [0.1, 0.15) is 5.60 Å². The van der Waals surface area contributed by atoms with Gasteiger partial charge in [-0.1, -0.05) is 13.8 Å². The lowest BCUT2D eigenvalue weighted by Crippen LogP contribution is -2.45. The third kappa shape index (κ3) is 6.61. The van der Waals surface area contributed by atoms with E-state index in [4.69, 9.17) is 9.15 Å². The minimum Gasteiger partial charge on any atom is -0.472 e. The fourth-order valence-corrected chi connectivity index (χ4v) is 1.69. The van der Waals surface area contributed by atoms with Crippen molar-refractivity contribution in [1.29, 1.82) is 0 Å². The van der Waals surface area contributed by atoms with Crippen LogP contribution in [0.15, 0.2) is 23.0 Å². The Morgan fingerprint density at radius 1 is 1.40 bits per heavy atom. The van der Waals surface area contributed by atoms with Crippen LogP contribution in [0, 0.1) is 5.92 Å². The van der Waals surface area contributed by atoms with Crippen molar-refractivity contribution in [3.63, 3.8) is 0 Å². The summed E-state index contributed by atoms with van der Waals surface area (Å²) in [5.41, 5.74) is 0.620. The zero-order valence-electron chi connectivity index (χ0n) is 13.0. The average Bonchev–Trinajstić information content (AvgIpc) is 2.78. The first-order chi connectivity index (χ1) is 9.28. The largest absolute Gasteiger partial charge is 0.472 e. The third-order valence-corrected chi connectivity index (χ3v) is 2.82. The van der Waals surface area contributed by atoms with Crippen molar-refractivity contribution in [1.82, 2.24) is 10.6 Å². The summed E-state index contributed by atoms with van der Waals surface area (Å²) < 4.78 is 10.3. The molecule has 0 saturated carbocycles. The average molecular weight is 282 g/mol. The maximum absolute atomic E-state index is 11.6. The number of carbonyl (C=O) groups excluding carboxylic acids is 1. The number of hydrogen-bond acceptors (Lipinski definition) is 4. The fraction of sp³-hybridized carbons (Fsp3) is 0.667. The standard InChI is InChI=1S/C15H26N2O3/c1-11(2)13(16-8-12-6-7-19-10-12)9-17-14(18)20-15(3,4)5/h6-7,10-11,13,16H,8-9H2,1-5H3,(H,17,18). The molecule has 0 saturated heterocycles. The van der Waals surface area contributed by atoms with E-state index in [1.54, 1.807) is 12.5 Å². The number of amides is 1. The number of furan rings is 1. The Hall–Kier alpha value is -1.49. The zero-order valence-corrected chi connectivity index (χ0v) is 13.0. The molecule has 0 aromatic carbocycles. The minimum atomic E-state index is -0.471. The van der Waals surface area contributed by atoms with Gasteiger partial charge in [-0.3, -0.25) is 0 Å². The van der Waals surface area contributed by atoms with Gasteiger partial charge in [0.25, 0.3) is 0 Å². The normalized spacial score (nSPS) is 13.3. The minimum absolute atomic E-state index is 0.178. The lowest BCUT2D eigenvalue weighted by molar-refractivity contribution is 0.0519. The first kappa shape index (κ1) is 16.6. The Bertz CT molecular complexity index is 394. The zero-order chi connectivity index (χ0) is 15.2. The van der Waals surface area contributed by atoms with Crippen LogP contribution in [0.1, 0.15) is 40.2 Å². The van der Waals surface area contributed by atoms with Crippen LogP contribution in [-0.2, 0) is 11.3 Å². The molecule has 20 heavy (non-hydrogen) atoms. The van der Waals surface area contributed by atoms with Crippen LogP contribution in [0.4, 0.5) is 4.79 Å². The van der Waals surface area contributed by atoms with E-state index in [1.165, 1.54) is 0 Å². The van der Waals surface area contributed by atoms with E-state index in [9.17, 15) is 4.79 Å². The van der Waals surface area contributed by atoms with Crippen LogP contribution >= 0.6 is 0 Å². The highest BCUT2D eigenvalue weighted by Crippen LogP contribution is 2.08. The summed E-state index contributed by atoms with van der Waals surface area (Å²) in [6, 6.07) is 2.10. The van der Waals surface area contributed by atoms with E-state index in [-0.39, 0.29) is 12.1 Å². The Morgan fingerprint density at radius 3 is 2.60 bits per heavy atom. The quantitative estimate of drug-likeness (QED) is 0.842. The highest BCUT2D eigenvalue weighted by molar-refractivity contribution is 5.67. The molecule has 1 unspecified atom stereocenters. The van der Waals surface area contributed by atoms with Crippen molar-refractivity contribution in [3.8, 4) is 0 Å². The van der Waals surface area contributed by atoms with Crippen LogP contribution < -0.4 is 10.6 Å². The molecular formula is C15H26N2O3. The van der Waals surface area contributed by atoms with E-state index in [0.29, 0.717) is 12.5 Å². The highest BCUT2D eigenvalue weighted by atomic mass is 16.6. The van der Waals surface area contributed by atoms with E-state index in [1.807, 2.05) is 26.8 Å². The van der Waals surface area contributed by atoms with Crippen LogP contribution in [0.2, 0.25) is 0 Å². The van der Waals surface area contributed by atoms with E-state index >= 15 is 0 Å². The number of ether oxygens (including phenoxy) is 1. The van der Waals surface area contributed by atoms with Gasteiger partial charge in [-0.25, -0.2) is 4.79 Å². The summed E-state index contributed by atoms with van der Waals surface area (Å²) in [6.07, 6.45) is 2.99. The van der Waals surface area contributed by atoms with Gasteiger partial charge in [0.05, 0.1) is 12.5 Å². The molecule has 0 aliphatic rings. The Balaban J connectivity index is 2.37. The molecular weight excluding hydrogens is 256 g/mol. The molecule has 0 spiro atoms. The second-order valence-corrected chi connectivity index (χ2v) is 6.25. The Morgan fingerprint density at radius 2 is 2.10 bits per heavy atom. The number of nitrogens with one attached hydrogen (secondary N) is 2. The van der Waals surface area contributed by atoms with Crippen LogP contribution in [0.25, 0.3) is 0 Å². The van der Waals surface area contributed by atoms with Gasteiger partial charge < -0.3 is 19.8 Å². The molecule has 5 heteroatoms. The topological polar surface area (TPSA) is 63.5 Å². The van der Waals surface area contributed by atoms with Gasteiger partial charge in [-0.15, -0.1) is 0 Å². The molecule has 1 atom stereocenters. The molecule has 1 aromatic heterocycles. The summed E-state index contributed by atoms with van der Waals surface area (Å²) in [5, 5.41) is 6.21. The second-order valence-electron chi connectivity index (χ2n) is 6.25. The maximum Gasteiger partial charge on any atom is 0.407 e. The first-order valence-electron chi connectivity index (χ1n) is 6.99. The van der Waals surface area contributed by atoms with E-state index in [2.05, 4.69) is 24.5 Å². The fourth-order valence-electron chi connectivity index (χ4n) is 1.69. The molecule has 1 rings (SSSR count). The summed E-state index contributed by atoms with van der Waals surface area (Å²) in [5.74, 6) is 0.400. The van der Waals surface area contributed by atoms with Gasteiger partial charge in [0.15, 0.2) is 0 Å². The molecule has 1 amide bonds. The SMILES string of the molecule is CC(C)C(CNC(=O)OC(C)(C)C)NCc1ccoc1. The summed E-state index contributed by atoms with van der Waals surface area (Å²) in [7, 11) is 0. The van der Waals surface area contributed by atoms with Gasteiger partial charge in [0, 0.05) is 24.7 Å². The predicted molar refractivity (Wildman–Crippen MR) is 78.4 cm³/mol. The lowest BCUT2D eigenvalue weighted by Gasteiger charge is -2.24. The molecule has 0 bridgehead atoms. The van der Waals surface area contributed by atoms with Crippen LogP contribution in [-0.4, -0.2) is 24.3 Å². The monoisotopic (exact) mass is 282 g/mol. The third-order valence-electron chi connectivity index (χ3n) is 2.82. The van der Waals surface area contributed by atoms with Crippen LogP contribution in [0.3, 0.4) is 0 Å². The van der Waals surface area contributed by atoms with Gasteiger partial charge in [-0.05, 0) is 32.8 Å². The first-order valence-corrected chi connectivity index (χ1v) is 6.99. The number of carbonyl (C=O) groups is 1. The molecule has 2 N–H and O–H groups in total. The van der Waals surface area contributed by atoms with Gasteiger partial charge in [0.2, 0.25) is 0 Å². The molecule has 0 fully saturated rings. The van der Waals surface area contributed by atoms with Crippen molar-refractivity contribution >= 4 is 6.09 Å². The Labute approximate surface area is 121 Å². The predicted octanol–water partition coefficient (Wildman–Crippen LogP) is 2.92. The second kappa shape index (κ2) is 7.33. The molecule has 0 radical (unpaired) electrons. The summed E-state index contributed by atoms with van der Waals surface area (Å²) in [4.78, 5) is 11.6. The van der Waals surface area contributed by atoms with Crippen molar-refractivity contribution in [3.05, 3.63) is 24.2 Å². The molecule has 5 nitrogen and oxygen atoms in total. The number of rotatable bonds is 6. The van der Waals surface area contributed by atoms with E-state index < -0.39 is 5.60 Å². The molecule has 1 aromatic rings. The summed E-state index contributed by atoms with van der Waals surface area (Å²) in [6.45, 7) is 11.0. The maximum atomic E-state index is 11.6. The van der Waals surface area contributed by atoms with Crippen molar-refractivity contribution < 1.29 is 13.9 Å². The molecule has 0 aliphatic carbocycles. The van der Waals surface area contributed by atoms with E-state index in [0.717, 1.165) is 12.1 Å².